The van der Waals surface area contributed by atoms with E-state index in [1.807, 2.05) is 0 Å². The maximum atomic E-state index is 13.6. The average Bonchev–Trinajstić information content (AvgIpc) is 2.91. The van der Waals surface area contributed by atoms with Gasteiger partial charge in [0.15, 0.2) is 5.13 Å². The number of rotatable bonds is 3. The highest BCUT2D eigenvalue weighted by atomic mass is 32.1. The highest BCUT2D eigenvalue weighted by Gasteiger charge is 2.16. The molecule has 3 rings (SSSR count). The molecule has 1 N–H and O–H groups in total. The highest BCUT2D eigenvalue weighted by Crippen LogP contribution is 2.28. The number of anilines is 1. The maximum Gasteiger partial charge on any atom is 0.273 e. The van der Waals surface area contributed by atoms with Gasteiger partial charge >= 0.3 is 0 Å². The summed E-state index contributed by atoms with van der Waals surface area (Å²) in [7, 11) is 0. The lowest BCUT2D eigenvalue weighted by Crippen LogP contribution is -2.12. The van der Waals surface area contributed by atoms with Gasteiger partial charge in [0.05, 0.1) is 9.62 Å². The molecule has 0 saturated carbocycles. The van der Waals surface area contributed by atoms with Crippen LogP contribution >= 0.6 is 11.3 Å². The first-order valence-corrected chi connectivity index (χ1v) is 7.39. The minimum atomic E-state index is -0.542. The van der Waals surface area contributed by atoms with E-state index in [0.29, 0.717) is 10.3 Å². The number of hydrogen-bond acceptors (Lipinski definition) is 5. The number of nitro benzene ring substituents is 1. The Kier molecular flexibility index (Phi) is 3.75. The Morgan fingerprint density at radius 1 is 1.35 bits per heavy atom. The first-order chi connectivity index (χ1) is 11.0. The molecule has 0 aliphatic heterocycles. The second-order valence-electron chi connectivity index (χ2n) is 4.82. The van der Waals surface area contributed by atoms with Crippen LogP contribution in [0.3, 0.4) is 0 Å². The van der Waals surface area contributed by atoms with Gasteiger partial charge in [-0.05, 0) is 25.1 Å². The smallest absolute Gasteiger partial charge is 0.273 e. The molecule has 0 unspecified atom stereocenters. The fourth-order valence-electron chi connectivity index (χ4n) is 2.09. The molecule has 23 heavy (non-hydrogen) atoms. The summed E-state index contributed by atoms with van der Waals surface area (Å²) < 4.78 is 14.2. The molecule has 1 heterocycles. The number of amides is 1. The Labute approximate surface area is 133 Å². The van der Waals surface area contributed by atoms with Crippen molar-refractivity contribution in [3.8, 4) is 0 Å². The van der Waals surface area contributed by atoms with Gasteiger partial charge in [-0.3, -0.25) is 20.2 Å². The minimum absolute atomic E-state index is 0.131. The van der Waals surface area contributed by atoms with E-state index in [-0.39, 0.29) is 21.9 Å². The van der Waals surface area contributed by atoms with E-state index in [4.69, 9.17) is 0 Å². The van der Waals surface area contributed by atoms with Gasteiger partial charge in [-0.2, -0.15) is 0 Å². The van der Waals surface area contributed by atoms with E-state index in [1.54, 1.807) is 19.1 Å². The number of fused-ring (bicyclic) bond motifs is 1. The number of halogens is 1. The van der Waals surface area contributed by atoms with Crippen LogP contribution in [0.4, 0.5) is 15.2 Å². The Morgan fingerprint density at radius 3 is 2.83 bits per heavy atom. The van der Waals surface area contributed by atoms with Crippen LogP contribution in [0.25, 0.3) is 10.2 Å². The quantitative estimate of drug-likeness (QED) is 0.582. The second-order valence-corrected chi connectivity index (χ2v) is 5.85. The lowest BCUT2D eigenvalue weighted by atomic mass is 10.1. The number of nitrogens with zero attached hydrogens (tertiary/aromatic N) is 2. The maximum absolute atomic E-state index is 13.6. The summed E-state index contributed by atoms with van der Waals surface area (Å²) >= 11 is 1.13. The zero-order valence-corrected chi connectivity index (χ0v) is 12.7. The summed E-state index contributed by atoms with van der Waals surface area (Å²) in [4.78, 5) is 26.6. The molecular weight excluding hydrogens is 321 g/mol. The van der Waals surface area contributed by atoms with Crippen molar-refractivity contribution in [3.05, 3.63) is 63.5 Å². The normalized spacial score (nSPS) is 10.7. The Balaban J connectivity index is 1.90. The van der Waals surface area contributed by atoms with Gasteiger partial charge in [0.25, 0.3) is 11.6 Å². The van der Waals surface area contributed by atoms with Crippen LogP contribution in [-0.2, 0) is 0 Å². The Bertz CT molecular complexity index is 939. The van der Waals surface area contributed by atoms with Crippen molar-refractivity contribution in [2.75, 3.05) is 5.32 Å². The number of nitrogens with one attached hydrogen (secondary N) is 1. The molecule has 0 atom stereocenters. The van der Waals surface area contributed by atoms with Gasteiger partial charge in [-0.15, -0.1) is 0 Å². The summed E-state index contributed by atoms with van der Waals surface area (Å²) in [6, 6.07) is 8.75. The molecule has 0 aliphatic rings. The average molecular weight is 331 g/mol. The zero-order chi connectivity index (χ0) is 16.6. The van der Waals surface area contributed by atoms with Crippen molar-refractivity contribution >= 4 is 38.3 Å². The molecule has 0 radical (unpaired) electrons. The molecule has 116 valence electrons. The van der Waals surface area contributed by atoms with Crippen LogP contribution in [0.2, 0.25) is 0 Å². The summed E-state index contributed by atoms with van der Waals surface area (Å²) in [5.41, 5.74) is 0.659. The molecule has 3 aromatic rings. The Hall–Kier alpha value is -2.87. The third-order valence-corrected chi connectivity index (χ3v) is 4.19. The Morgan fingerprint density at radius 2 is 2.13 bits per heavy atom. The number of carbonyl (C=O) groups is 1. The monoisotopic (exact) mass is 331 g/mol. The summed E-state index contributed by atoms with van der Waals surface area (Å²) in [5.74, 6) is -1.00. The molecule has 0 bridgehead atoms. The van der Waals surface area contributed by atoms with Crippen LogP contribution in [0.5, 0.6) is 0 Å². The molecule has 8 heteroatoms. The molecule has 2 aromatic carbocycles. The fourth-order valence-corrected chi connectivity index (χ4v) is 2.96. The van der Waals surface area contributed by atoms with Crippen molar-refractivity contribution < 1.29 is 14.1 Å². The topological polar surface area (TPSA) is 85.1 Å². The number of carbonyl (C=O) groups excluding carboxylic acids is 1. The third kappa shape index (κ3) is 2.88. The molecular formula is C15H10FN3O3S. The van der Waals surface area contributed by atoms with Crippen molar-refractivity contribution in [1.29, 1.82) is 0 Å². The highest BCUT2D eigenvalue weighted by molar-refractivity contribution is 7.22. The van der Waals surface area contributed by atoms with Gasteiger partial charge in [0.2, 0.25) is 0 Å². The summed E-state index contributed by atoms with van der Waals surface area (Å²) in [6.07, 6.45) is 0. The summed E-state index contributed by atoms with van der Waals surface area (Å²) in [6.45, 7) is 1.59. The van der Waals surface area contributed by atoms with Gasteiger partial charge < -0.3 is 0 Å². The lowest BCUT2D eigenvalue weighted by Gasteiger charge is -2.03. The first-order valence-electron chi connectivity index (χ1n) is 6.57. The van der Waals surface area contributed by atoms with E-state index in [1.165, 1.54) is 24.3 Å². The number of aryl methyl sites for hydroxylation is 1. The van der Waals surface area contributed by atoms with Crippen LogP contribution in [0.1, 0.15) is 15.9 Å². The van der Waals surface area contributed by atoms with E-state index in [0.717, 1.165) is 11.3 Å². The van der Waals surface area contributed by atoms with Crippen LogP contribution < -0.4 is 5.32 Å². The van der Waals surface area contributed by atoms with Crippen molar-refractivity contribution in [1.82, 2.24) is 4.98 Å². The molecule has 1 amide bonds. The predicted molar refractivity (Wildman–Crippen MR) is 85.4 cm³/mol. The predicted octanol–water partition coefficient (Wildman–Crippen LogP) is 3.90. The molecule has 0 aliphatic carbocycles. The number of thiazole rings is 1. The SMILES string of the molecule is Cc1ccc(C(=O)Nc2nc3c(F)cccc3s2)cc1[N+](=O)[O-]. The van der Waals surface area contributed by atoms with E-state index < -0.39 is 16.6 Å². The fraction of sp³-hybridized carbons (Fsp3) is 0.0667. The molecule has 0 saturated heterocycles. The van der Waals surface area contributed by atoms with Crippen LogP contribution in [0.15, 0.2) is 36.4 Å². The van der Waals surface area contributed by atoms with Gasteiger partial charge in [-0.25, -0.2) is 9.37 Å². The standard InChI is InChI=1S/C15H10FN3O3S/c1-8-5-6-9(7-11(8)19(21)22)14(20)18-15-17-13-10(16)3-2-4-12(13)23-15/h2-7H,1H3,(H,17,18,20). The molecule has 1 aromatic heterocycles. The second kappa shape index (κ2) is 5.73. The lowest BCUT2D eigenvalue weighted by molar-refractivity contribution is -0.385. The number of hydrogen-bond donors (Lipinski definition) is 1. The zero-order valence-electron chi connectivity index (χ0n) is 11.9. The van der Waals surface area contributed by atoms with E-state index in [2.05, 4.69) is 10.3 Å². The van der Waals surface area contributed by atoms with Crippen LogP contribution in [-0.4, -0.2) is 15.8 Å². The van der Waals surface area contributed by atoms with Gasteiger partial charge in [0.1, 0.15) is 11.3 Å². The van der Waals surface area contributed by atoms with Crippen molar-refractivity contribution in [3.63, 3.8) is 0 Å². The minimum Gasteiger partial charge on any atom is -0.298 e. The van der Waals surface area contributed by atoms with Gasteiger partial charge in [0, 0.05) is 17.2 Å². The van der Waals surface area contributed by atoms with E-state index >= 15 is 0 Å². The number of benzene rings is 2. The molecule has 0 spiro atoms. The molecule has 0 fully saturated rings. The molecule has 6 nitrogen and oxygen atoms in total. The van der Waals surface area contributed by atoms with E-state index in [9.17, 15) is 19.3 Å². The first kappa shape index (κ1) is 15.0. The third-order valence-electron chi connectivity index (χ3n) is 3.26. The van der Waals surface area contributed by atoms with Crippen LogP contribution in [0, 0.1) is 22.9 Å². The number of nitro groups is 1. The van der Waals surface area contributed by atoms with Crippen molar-refractivity contribution in [2.24, 2.45) is 0 Å². The summed E-state index contributed by atoms with van der Waals surface area (Å²) in [5, 5.41) is 13.7. The van der Waals surface area contributed by atoms with Gasteiger partial charge in [-0.1, -0.05) is 23.5 Å². The van der Waals surface area contributed by atoms with Crippen molar-refractivity contribution in [2.45, 2.75) is 6.92 Å². The number of aromatic nitrogens is 1. The number of para-hydroxylation sites is 1. The largest absolute Gasteiger partial charge is 0.298 e.